The van der Waals surface area contributed by atoms with E-state index in [0.29, 0.717) is 36.7 Å². The Bertz CT molecular complexity index is 394. The van der Waals surface area contributed by atoms with Gasteiger partial charge in [0.2, 0.25) is 10.0 Å². The van der Waals surface area contributed by atoms with Crippen LogP contribution in [0.4, 0.5) is 0 Å². The molecule has 20 heavy (non-hydrogen) atoms. The Kier molecular flexibility index (Phi) is 7.10. The van der Waals surface area contributed by atoms with Crippen molar-refractivity contribution in [1.82, 2.24) is 4.31 Å². The van der Waals surface area contributed by atoms with Crippen molar-refractivity contribution < 1.29 is 8.42 Å². The molecule has 1 heterocycles. The summed E-state index contributed by atoms with van der Waals surface area (Å²) >= 11 is 12.4. The maximum absolute atomic E-state index is 11.7. The Morgan fingerprint density at radius 3 is 2.35 bits per heavy atom. The molecule has 1 unspecified atom stereocenters. The lowest BCUT2D eigenvalue weighted by Crippen LogP contribution is -2.42. The van der Waals surface area contributed by atoms with Gasteiger partial charge in [-0.25, -0.2) is 12.7 Å². The molecule has 3 nitrogen and oxygen atoms in total. The molecule has 0 radical (unpaired) electrons. The minimum atomic E-state index is -3.08. The predicted octanol–water partition coefficient (Wildman–Crippen LogP) is 3.56. The van der Waals surface area contributed by atoms with Crippen LogP contribution >= 0.6 is 23.2 Å². The van der Waals surface area contributed by atoms with Crippen LogP contribution in [0.3, 0.4) is 0 Å². The second-order valence-electron chi connectivity index (χ2n) is 6.70. The van der Waals surface area contributed by atoms with Gasteiger partial charge in [0.05, 0.1) is 6.26 Å². The molecule has 1 saturated heterocycles. The van der Waals surface area contributed by atoms with Crippen LogP contribution in [-0.2, 0) is 10.0 Å². The van der Waals surface area contributed by atoms with E-state index in [2.05, 4.69) is 13.8 Å². The van der Waals surface area contributed by atoms with E-state index in [1.54, 1.807) is 4.31 Å². The second kappa shape index (κ2) is 7.66. The Balaban J connectivity index is 2.73. The standard InChI is InChI=1S/C14H27Cl2NO2S/c1-12(2)7-14(10-15,11-16)8-13-5-4-6-17(9-13)20(3,18)19/h12-13H,4-11H2,1-3H3. The fourth-order valence-corrected chi connectivity index (χ4v) is 4.97. The molecule has 0 aromatic heterocycles. The number of rotatable bonds is 7. The van der Waals surface area contributed by atoms with Gasteiger partial charge in [-0.2, -0.15) is 0 Å². The molecule has 1 rings (SSSR count). The molecular formula is C14H27Cl2NO2S. The van der Waals surface area contributed by atoms with Crippen molar-refractivity contribution in [3.8, 4) is 0 Å². The van der Waals surface area contributed by atoms with Crippen LogP contribution in [0, 0.1) is 17.3 Å². The average Bonchev–Trinajstić information content (AvgIpc) is 2.36. The van der Waals surface area contributed by atoms with Crippen LogP contribution in [0.5, 0.6) is 0 Å². The van der Waals surface area contributed by atoms with Crippen LogP contribution in [0.15, 0.2) is 0 Å². The first-order valence-corrected chi connectivity index (χ1v) is 10.2. The van der Waals surface area contributed by atoms with E-state index in [1.165, 1.54) is 6.26 Å². The van der Waals surface area contributed by atoms with Crippen molar-refractivity contribution >= 4 is 33.2 Å². The van der Waals surface area contributed by atoms with Gasteiger partial charge in [0.25, 0.3) is 0 Å². The third-order valence-corrected chi connectivity index (χ3v) is 6.48. The van der Waals surface area contributed by atoms with Crippen LogP contribution < -0.4 is 0 Å². The lowest BCUT2D eigenvalue weighted by molar-refractivity contribution is 0.173. The molecule has 0 aromatic rings. The minimum Gasteiger partial charge on any atom is -0.213 e. The number of nitrogens with zero attached hydrogens (tertiary/aromatic N) is 1. The number of piperidine rings is 1. The maximum Gasteiger partial charge on any atom is 0.211 e. The molecule has 1 atom stereocenters. The second-order valence-corrected chi connectivity index (χ2v) is 9.22. The molecule has 0 amide bonds. The van der Waals surface area contributed by atoms with E-state index >= 15 is 0 Å². The highest BCUT2D eigenvalue weighted by Gasteiger charge is 2.35. The van der Waals surface area contributed by atoms with Gasteiger partial charge >= 0.3 is 0 Å². The minimum absolute atomic E-state index is 0.0670. The first-order valence-electron chi connectivity index (χ1n) is 7.29. The summed E-state index contributed by atoms with van der Waals surface area (Å²) in [6.45, 7) is 5.62. The van der Waals surface area contributed by atoms with E-state index in [1.807, 2.05) is 0 Å². The molecule has 1 aliphatic heterocycles. The summed E-state index contributed by atoms with van der Waals surface area (Å²) in [6.07, 6.45) is 5.21. The zero-order chi connectivity index (χ0) is 15.4. The third-order valence-electron chi connectivity index (χ3n) is 4.08. The largest absolute Gasteiger partial charge is 0.213 e. The molecule has 1 aliphatic rings. The van der Waals surface area contributed by atoms with Gasteiger partial charge in [0.1, 0.15) is 0 Å². The number of alkyl halides is 2. The average molecular weight is 344 g/mol. The lowest BCUT2D eigenvalue weighted by Gasteiger charge is -2.38. The van der Waals surface area contributed by atoms with Crippen LogP contribution in [0.1, 0.15) is 39.5 Å². The topological polar surface area (TPSA) is 37.4 Å². The summed E-state index contributed by atoms with van der Waals surface area (Å²) < 4.78 is 25.0. The quantitative estimate of drug-likeness (QED) is 0.662. The molecule has 1 fully saturated rings. The van der Waals surface area contributed by atoms with Crippen molar-refractivity contribution in [2.24, 2.45) is 17.3 Å². The molecule has 0 spiro atoms. The predicted molar refractivity (Wildman–Crippen MR) is 87.1 cm³/mol. The summed E-state index contributed by atoms with van der Waals surface area (Å²) in [6, 6.07) is 0. The lowest BCUT2D eigenvalue weighted by atomic mass is 9.75. The molecule has 0 N–H and O–H groups in total. The molecular weight excluding hydrogens is 317 g/mol. The summed E-state index contributed by atoms with van der Waals surface area (Å²) in [7, 11) is -3.08. The smallest absolute Gasteiger partial charge is 0.211 e. The van der Waals surface area contributed by atoms with E-state index in [-0.39, 0.29) is 5.41 Å². The van der Waals surface area contributed by atoms with Crippen molar-refractivity contribution in [1.29, 1.82) is 0 Å². The number of halogens is 2. The molecule has 120 valence electrons. The van der Waals surface area contributed by atoms with Gasteiger partial charge < -0.3 is 0 Å². The molecule has 0 aromatic carbocycles. The zero-order valence-electron chi connectivity index (χ0n) is 12.7. The van der Waals surface area contributed by atoms with Crippen molar-refractivity contribution in [3.63, 3.8) is 0 Å². The molecule has 0 saturated carbocycles. The summed E-state index contributed by atoms with van der Waals surface area (Å²) in [5, 5.41) is 0. The first kappa shape index (κ1) is 18.5. The zero-order valence-corrected chi connectivity index (χ0v) is 15.1. The van der Waals surface area contributed by atoms with Gasteiger partial charge in [-0.05, 0) is 42.9 Å². The van der Waals surface area contributed by atoms with Gasteiger partial charge in [-0.15, -0.1) is 23.2 Å². The Hall–Kier alpha value is 0.490. The number of hydrogen-bond acceptors (Lipinski definition) is 2. The van der Waals surface area contributed by atoms with Gasteiger partial charge in [0.15, 0.2) is 0 Å². The van der Waals surface area contributed by atoms with Crippen LogP contribution in [-0.4, -0.2) is 43.8 Å². The van der Waals surface area contributed by atoms with Crippen LogP contribution in [0.2, 0.25) is 0 Å². The molecule has 6 heteroatoms. The van der Waals surface area contributed by atoms with Crippen molar-refractivity contribution in [2.75, 3.05) is 31.1 Å². The monoisotopic (exact) mass is 343 g/mol. The number of sulfonamides is 1. The van der Waals surface area contributed by atoms with Gasteiger partial charge in [-0.1, -0.05) is 13.8 Å². The Labute approximate surface area is 134 Å². The highest BCUT2D eigenvalue weighted by atomic mass is 35.5. The fourth-order valence-electron chi connectivity index (χ4n) is 3.31. The Morgan fingerprint density at radius 2 is 1.90 bits per heavy atom. The summed E-state index contributed by atoms with van der Waals surface area (Å²) in [5.41, 5.74) is -0.0670. The van der Waals surface area contributed by atoms with E-state index < -0.39 is 10.0 Å². The molecule has 0 aliphatic carbocycles. The SMILES string of the molecule is CC(C)CC(CCl)(CCl)CC1CCCN(S(C)(=O)=O)C1. The van der Waals surface area contributed by atoms with Crippen LogP contribution in [0.25, 0.3) is 0 Å². The third kappa shape index (κ3) is 5.36. The number of hydrogen-bond donors (Lipinski definition) is 0. The Morgan fingerprint density at radius 1 is 1.30 bits per heavy atom. The summed E-state index contributed by atoms with van der Waals surface area (Å²) in [5.74, 6) is 2.01. The fraction of sp³-hybridized carbons (Fsp3) is 1.00. The van der Waals surface area contributed by atoms with E-state index in [0.717, 1.165) is 25.7 Å². The van der Waals surface area contributed by atoms with Crippen molar-refractivity contribution in [2.45, 2.75) is 39.5 Å². The first-order chi connectivity index (χ1) is 9.22. The van der Waals surface area contributed by atoms with Gasteiger partial charge in [0, 0.05) is 24.8 Å². The summed E-state index contributed by atoms with van der Waals surface area (Å²) in [4.78, 5) is 0. The highest BCUT2D eigenvalue weighted by Crippen LogP contribution is 2.39. The normalized spacial score (nSPS) is 22.4. The van der Waals surface area contributed by atoms with Crippen molar-refractivity contribution in [3.05, 3.63) is 0 Å². The van der Waals surface area contributed by atoms with Gasteiger partial charge in [-0.3, -0.25) is 0 Å². The van der Waals surface area contributed by atoms with E-state index in [4.69, 9.17) is 23.2 Å². The maximum atomic E-state index is 11.7. The highest BCUT2D eigenvalue weighted by molar-refractivity contribution is 7.88. The van der Waals surface area contributed by atoms with E-state index in [9.17, 15) is 8.42 Å². The molecule has 0 bridgehead atoms.